The van der Waals surface area contributed by atoms with Crippen molar-refractivity contribution in [1.29, 1.82) is 0 Å². The van der Waals surface area contributed by atoms with E-state index in [9.17, 15) is 9.18 Å². The minimum absolute atomic E-state index is 0.130. The molecule has 4 rings (SSSR count). The quantitative estimate of drug-likeness (QED) is 0.629. The van der Waals surface area contributed by atoms with Crippen LogP contribution in [0.1, 0.15) is 34.1 Å². The van der Waals surface area contributed by atoms with Crippen LogP contribution in [-0.2, 0) is 6.42 Å². The minimum Gasteiger partial charge on any atom is -0.353 e. The lowest BCUT2D eigenvalue weighted by atomic mass is 10.1. The number of hydrogen-bond donors (Lipinski definition) is 0. The summed E-state index contributed by atoms with van der Waals surface area (Å²) in [5.41, 5.74) is 4.71. The van der Waals surface area contributed by atoms with Gasteiger partial charge in [0.2, 0.25) is 0 Å². The number of halogens is 1. The summed E-state index contributed by atoms with van der Waals surface area (Å²) in [5.74, 6) is 1.15. The van der Waals surface area contributed by atoms with E-state index in [1.807, 2.05) is 6.92 Å². The lowest BCUT2D eigenvalue weighted by molar-refractivity contribution is 0.0746. The van der Waals surface area contributed by atoms with Gasteiger partial charge in [0.1, 0.15) is 11.6 Å². The summed E-state index contributed by atoms with van der Waals surface area (Å²) in [5, 5.41) is 0. The molecule has 6 heteroatoms. The number of aryl methyl sites for hydroxylation is 2. The molecule has 1 aliphatic rings. The summed E-state index contributed by atoms with van der Waals surface area (Å²) in [6.45, 7) is 8.71. The SMILES string of the molecule is CCc1c(C)nc(-c2ccc(C)cc2)nc1N1CCN(C(=O)c2cccc(F)c2)CC1. The highest BCUT2D eigenvalue weighted by Crippen LogP contribution is 2.27. The van der Waals surface area contributed by atoms with E-state index in [0.717, 1.165) is 34.9 Å². The number of nitrogens with zero attached hydrogens (tertiary/aromatic N) is 4. The molecule has 0 radical (unpaired) electrons. The first-order valence-corrected chi connectivity index (χ1v) is 10.7. The number of carbonyl (C=O) groups excluding carboxylic acids is 1. The number of benzene rings is 2. The van der Waals surface area contributed by atoms with Crippen molar-refractivity contribution in [2.45, 2.75) is 27.2 Å². The Kier molecular flexibility index (Phi) is 5.98. The van der Waals surface area contributed by atoms with Crippen LogP contribution in [0.3, 0.4) is 0 Å². The Morgan fingerprint density at radius 2 is 1.71 bits per heavy atom. The number of anilines is 1. The number of piperazine rings is 1. The summed E-state index contributed by atoms with van der Waals surface area (Å²) in [6.07, 6.45) is 0.845. The second kappa shape index (κ2) is 8.84. The Morgan fingerprint density at radius 1 is 1.00 bits per heavy atom. The van der Waals surface area contributed by atoms with E-state index < -0.39 is 5.82 Å². The fourth-order valence-electron chi connectivity index (χ4n) is 4.01. The average molecular weight is 419 g/mol. The van der Waals surface area contributed by atoms with Gasteiger partial charge in [-0.05, 0) is 38.5 Å². The van der Waals surface area contributed by atoms with Crippen LogP contribution in [0.4, 0.5) is 10.2 Å². The van der Waals surface area contributed by atoms with E-state index in [-0.39, 0.29) is 5.91 Å². The Morgan fingerprint density at radius 3 is 2.35 bits per heavy atom. The maximum absolute atomic E-state index is 13.5. The van der Waals surface area contributed by atoms with E-state index >= 15 is 0 Å². The molecule has 0 bridgehead atoms. The normalized spacial score (nSPS) is 14.1. The first-order chi connectivity index (χ1) is 15.0. The van der Waals surface area contributed by atoms with Crippen molar-refractivity contribution in [3.8, 4) is 11.4 Å². The molecule has 1 aromatic heterocycles. The highest BCUT2D eigenvalue weighted by Gasteiger charge is 2.25. The molecular weight excluding hydrogens is 391 g/mol. The van der Waals surface area contributed by atoms with Gasteiger partial charge in [-0.2, -0.15) is 0 Å². The summed E-state index contributed by atoms with van der Waals surface area (Å²) in [4.78, 5) is 26.5. The molecule has 31 heavy (non-hydrogen) atoms. The largest absolute Gasteiger partial charge is 0.353 e. The van der Waals surface area contributed by atoms with Gasteiger partial charge in [0.25, 0.3) is 5.91 Å². The zero-order chi connectivity index (χ0) is 22.0. The average Bonchev–Trinajstić information content (AvgIpc) is 2.78. The molecule has 2 aromatic carbocycles. The standard InChI is InChI=1S/C25H27FN4O/c1-4-22-18(3)27-23(19-10-8-17(2)9-11-19)28-24(22)29-12-14-30(15-13-29)25(31)20-6-5-7-21(26)16-20/h5-11,16H,4,12-15H2,1-3H3. The van der Waals surface area contributed by atoms with Gasteiger partial charge in [-0.1, -0.05) is 42.8 Å². The Hall–Kier alpha value is -3.28. The molecule has 2 heterocycles. The Bertz CT molecular complexity index is 1090. The molecule has 0 atom stereocenters. The first kappa shape index (κ1) is 21.0. The molecule has 0 spiro atoms. The van der Waals surface area contributed by atoms with Crippen LogP contribution >= 0.6 is 0 Å². The van der Waals surface area contributed by atoms with Crippen molar-refractivity contribution in [2.75, 3.05) is 31.1 Å². The summed E-state index contributed by atoms with van der Waals surface area (Å²) >= 11 is 0. The zero-order valence-corrected chi connectivity index (χ0v) is 18.2. The van der Waals surface area contributed by atoms with Crippen LogP contribution < -0.4 is 4.90 Å². The third-order valence-corrected chi connectivity index (χ3v) is 5.79. The molecule has 160 valence electrons. The van der Waals surface area contributed by atoms with Crippen LogP contribution in [0.2, 0.25) is 0 Å². The highest BCUT2D eigenvalue weighted by molar-refractivity contribution is 5.94. The van der Waals surface area contributed by atoms with Crippen molar-refractivity contribution >= 4 is 11.7 Å². The number of rotatable bonds is 4. The molecule has 0 saturated carbocycles. The number of hydrogen-bond acceptors (Lipinski definition) is 4. The van der Waals surface area contributed by atoms with Gasteiger partial charge in [0.05, 0.1) is 0 Å². The Balaban J connectivity index is 1.56. The molecule has 0 N–H and O–H groups in total. The lowest BCUT2D eigenvalue weighted by Gasteiger charge is -2.36. The Labute approximate surface area is 182 Å². The van der Waals surface area contributed by atoms with E-state index in [1.165, 1.54) is 17.7 Å². The van der Waals surface area contributed by atoms with Gasteiger partial charge in [-0.15, -0.1) is 0 Å². The molecular formula is C25H27FN4O. The number of aromatic nitrogens is 2. The molecule has 3 aromatic rings. The van der Waals surface area contributed by atoms with Crippen molar-refractivity contribution in [1.82, 2.24) is 14.9 Å². The summed E-state index contributed by atoms with van der Waals surface area (Å²) < 4.78 is 13.5. The predicted octanol–water partition coefficient (Wildman–Crippen LogP) is 4.42. The molecule has 1 aliphatic heterocycles. The van der Waals surface area contributed by atoms with Gasteiger partial charge < -0.3 is 9.80 Å². The number of amides is 1. The van der Waals surface area contributed by atoms with E-state index in [2.05, 4.69) is 43.0 Å². The molecule has 1 fully saturated rings. The topological polar surface area (TPSA) is 49.3 Å². The zero-order valence-electron chi connectivity index (χ0n) is 18.2. The fraction of sp³-hybridized carbons (Fsp3) is 0.320. The van der Waals surface area contributed by atoms with Gasteiger partial charge in [-0.3, -0.25) is 4.79 Å². The molecule has 1 saturated heterocycles. The van der Waals surface area contributed by atoms with Gasteiger partial charge in [-0.25, -0.2) is 14.4 Å². The smallest absolute Gasteiger partial charge is 0.254 e. The fourth-order valence-corrected chi connectivity index (χ4v) is 4.01. The predicted molar refractivity (Wildman–Crippen MR) is 121 cm³/mol. The van der Waals surface area contributed by atoms with Crippen molar-refractivity contribution in [2.24, 2.45) is 0 Å². The third-order valence-electron chi connectivity index (χ3n) is 5.79. The molecule has 5 nitrogen and oxygen atoms in total. The maximum Gasteiger partial charge on any atom is 0.254 e. The minimum atomic E-state index is -0.392. The van der Waals surface area contributed by atoms with Gasteiger partial charge >= 0.3 is 0 Å². The van der Waals surface area contributed by atoms with Crippen LogP contribution in [0.25, 0.3) is 11.4 Å². The van der Waals surface area contributed by atoms with Crippen molar-refractivity contribution in [3.63, 3.8) is 0 Å². The van der Waals surface area contributed by atoms with Crippen LogP contribution in [0.15, 0.2) is 48.5 Å². The monoisotopic (exact) mass is 418 g/mol. The maximum atomic E-state index is 13.5. The van der Waals surface area contributed by atoms with Crippen LogP contribution in [0.5, 0.6) is 0 Å². The highest BCUT2D eigenvalue weighted by atomic mass is 19.1. The molecule has 0 aliphatic carbocycles. The lowest BCUT2D eigenvalue weighted by Crippen LogP contribution is -2.49. The van der Waals surface area contributed by atoms with Crippen molar-refractivity contribution < 1.29 is 9.18 Å². The second-order valence-electron chi connectivity index (χ2n) is 7.94. The van der Waals surface area contributed by atoms with E-state index in [1.54, 1.807) is 17.0 Å². The van der Waals surface area contributed by atoms with Gasteiger partial charge in [0.15, 0.2) is 5.82 Å². The number of carbonyl (C=O) groups is 1. The second-order valence-corrected chi connectivity index (χ2v) is 7.94. The molecule has 1 amide bonds. The van der Waals surface area contributed by atoms with Crippen molar-refractivity contribution in [3.05, 3.63) is 76.7 Å². The van der Waals surface area contributed by atoms with Gasteiger partial charge in [0, 0.05) is 48.6 Å². The van der Waals surface area contributed by atoms with E-state index in [4.69, 9.17) is 9.97 Å². The van der Waals surface area contributed by atoms with E-state index in [0.29, 0.717) is 31.7 Å². The van der Waals surface area contributed by atoms with Crippen LogP contribution in [-0.4, -0.2) is 47.0 Å². The molecule has 0 unspecified atom stereocenters. The van der Waals surface area contributed by atoms with Crippen LogP contribution in [0, 0.1) is 19.7 Å². The third kappa shape index (κ3) is 4.43. The first-order valence-electron chi connectivity index (χ1n) is 10.7. The summed E-state index contributed by atoms with van der Waals surface area (Å²) in [7, 11) is 0. The summed E-state index contributed by atoms with van der Waals surface area (Å²) in [6, 6.07) is 14.1.